The SMILES string of the molecule is CCC(C)CC(C)CCCCCCCCC(=O)NC1CC(O)C(OCCNC(=O)C(N)CNC(=O)C(Cc2ccccc2)NC(=O)C(CC(C)C)NC(=O)C(CCSC)NC=O)NC(=O)C2C(O)CCN2C(=O)C(C(O)CCN)NC(=O)C(C(O)C(O)c2ccc(O)cc2)NC(=O)C2CC(O)CN2C(=O)C(C(C)O)NC1=O. The number of aromatic hydroxyl groups is 1. The Morgan fingerprint density at radius 1 is 0.679 bits per heavy atom. The van der Waals surface area contributed by atoms with Gasteiger partial charge in [-0.2, -0.15) is 11.8 Å². The zero-order valence-electron chi connectivity index (χ0n) is 65.2. The van der Waals surface area contributed by atoms with E-state index in [0.29, 0.717) is 42.4 Å². The van der Waals surface area contributed by atoms with Gasteiger partial charge in [0.1, 0.15) is 84.5 Å². The molecule has 2 aromatic carbocycles. The van der Waals surface area contributed by atoms with Crippen molar-refractivity contribution in [3.63, 3.8) is 0 Å². The molecule has 0 radical (unpaired) electrons. The second kappa shape index (κ2) is 48.1. The Hall–Kier alpha value is -8.17. The Balaban J connectivity index is 1.48. The molecule has 5 rings (SSSR count). The first-order valence-electron chi connectivity index (χ1n) is 38.9. The highest BCUT2D eigenvalue weighted by atomic mass is 32.2. The molecule has 3 fully saturated rings. The van der Waals surface area contributed by atoms with Gasteiger partial charge in [-0.3, -0.25) is 57.5 Å². The van der Waals surface area contributed by atoms with Crippen molar-refractivity contribution < 1.29 is 103 Å². The van der Waals surface area contributed by atoms with E-state index in [-0.39, 0.29) is 55.9 Å². The lowest BCUT2D eigenvalue weighted by atomic mass is 9.91. The highest BCUT2D eigenvalue weighted by molar-refractivity contribution is 7.98. The molecule has 628 valence electrons. The van der Waals surface area contributed by atoms with Crippen molar-refractivity contribution in [2.24, 2.45) is 29.2 Å². The molecule has 2 aromatic rings. The van der Waals surface area contributed by atoms with Crippen molar-refractivity contribution in [1.82, 2.24) is 63.0 Å². The van der Waals surface area contributed by atoms with Gasteiger partial charge in [0.15, 0.2) is 6.23 Å². The monoisotopic (exact) mass is 1600 g/mol. The number of carbonyl (C=O) groups is 12. The number of thioether (sulfide) groups is 1. The minimum Gasteiger partial charge on any atom is -0.508 e. The topological polar surface area (TPSA) is 555 Å². The van der Waals surface area contributed by atoms with E-state index < -0.39 is 226 Å². The predicted octanol–water partition coefficient (Wildman–Crippen LogP) is -3.16. The number of fused-ring (bicyclic) bond motifs is 2. The van der Waals surface area contributed by atoms with Gasteiger partial charge in [-0.1, -0.05) is 122 Å². The maximum absolute atomic E-state index is 15.0. The van der Waals surface area contributed by atoms with Gasteiger partial charge in [-0.15, -0.1) is 0 Å². The Kier molecular flexibility index (Phi) is 40.6. The third-order valence-electron chi connectivity index (χ3n) is 20.3. The number of benzene rings is 2. The Morgan fingerprint density at radius 3 is 1.96 bits per heavy atom. The fraction of sp³-hybridized carbons (Fsp3) is 0.684. The molecule has 0 bridgehead atoms. The van der Waals surface area contributed by atoms with Gasteiger partial charge in [0.05, 0.1) is 31.0 Å². The quantitative estimate of drug-likeness (QED) is 0.0231. The summed E-state index contributed by atoms with van der Waals surface area (Å²) >= 11 is 1.45. The molecule has 3 heterocycles. The minimum atomic E-state index is -2.37. The van der Waals surface area contributed by atoms with E-state index >= 15 is 4.79 Å². The van der Waals surface area contributed by atoms with Crippen LogP contribution in [0.4, 0.5) is 0 Å². The number of phenolic OH excluding ortho intramolecular Hbond substituents is 1. The summed E-state index contributed by atoms with van der Waals surface area (Å²) in [6.45, 7) is 8.39. The van der Waals surface area contributed by atoms with E-state index in [1.54, 1.807) is 30.3 Å². The largest absolute Gasteiger partial charge is 0.508 e. The van der Waals surface area contributed by atoms with Crippen LogP contribution in [0.25, 0.3) is 0 Å². The normalized spacial score (nSPS) is 24.3. The molecule has 112 heavy (non-hydrogen) atoms. The Morgan fingerprint density at radius 2 is 1.31 bits per heavy atom. The number of unbranched alkanes of at least 4 members (excludes halogenated alkanes) is 5. The average molecular weight is 1600 g/mol. The molecule has 0 saturated carbocycles. The molecule has 35 nitrogen and oxygen atoms in total. The summed E-state index contributed by atoms with van der Waals surface area (Å²) in [6.07, 6.45) is -7.26. The van der Waals surface area contributed by atoms with Crippen molar-refractivity contribution in [2.45, 2.75) is 260 Å². The van der Waals surface area contributed by atoms with Crippen LogP contribution >= 0.6 is 11.8 Å². The number of aliphatic hydroxyl groups is 7. The number of rotatable bonds is 41. The summed E-state index contributed by atoms with van der Waals surface area (Å²) in [7, 11) is 0. The number of nitrogens with one attached hydrogen (secondary N) is 10. The Bertz CT molecular complexity index is 3350. The second-order valence-electron chi connectivity index (χ2n) is 30.0. The third kappa shape index (κ3) is 30.0. The first-order valence-corrected chi connectivity index (χ1v) is 40.3. The van der Waals surface area contributed by atoms with Crippen LogP contribution in [0.5, 0.6) is 5.75 Å². The van der Waals surface area contributed by atoms with Crippen molar-refractivity contribution >= 4 is 83.2 Å². The van der Waals surface area contributed by atoms with Gasteiger partial charge in [0, 0.05) is 51.9 Å². The van der Waals surface area contributed by atoms with Crippen molar-refractivity contribution in [3.8, 4) is 5.75 Å². The van der Waals surface area contributed by atoms with Gasteiger partial charge >= 0.3 is 0 Å². The average Bonchev–Trinajstić information content (AvgIpc) is 1.55. The van der Waals surface area contributed by atoms with Crippen LogP contribution in [-0.4, -0.2) is 277 Å². The number of hydrogen-bond donors (Lipinski definition) is 20. The van der Waals surface area contributed by atoms with Crippen LogP contribution in [-0.2, 0) is 68.7 Å². The zero-order chi connectivity index (χ0) is 82.9. The number of hydrogen-bond acceptors (Lipinski definition) is 24. The molecule has 0 aliphatic carbocycles. The molecule has 20 unspecified atom stereocenters. The van der Waals surface area contributed by atoms with E-state index in [2.05, 4.69) is 73.9 Å². The summed E-state index contributed by atoms with van der Waals surface area (Å²) in [4.78, 5) is 171. The summed E-state index contributed by atoms with van der Waals surface area (Å²) in [6, 6.07) is -3.68. The molecular weight excluding hydrogens is 1480 g/mol. The molecule has 20 atom stereocenters. The fourth-order valence-electron chi connectivity index (χ4n) is 13.8. The molecular formula is C76H122N14O21S. The third-order valence-corrected chi connectivity index (χ3v) is 21.0. The standard InChI is InChI=1S/C76H122N14O21S/c1-8-43(4)35-44(5)18-14-11-9-10-12-17-21-59(98)82-54-38-58(97)74(111-32-30-79-66(101)50(78)39-80-67(102)53(36-46-19-15-13-16-20-46)84-69(104)52(34-42(2)3)83-68(103)51(81-41-91)28-33-112-7)88-73(108)63-57(96)27-31-89(63)76(110)61(56(95)26-29-77)86-72(107)62(65(100)64(99)47-22-24-48(93)25-23-47)87-71(106)55-37-49(94)40-90(55)75(109)60(45(6)92)85-70(54)105/h13,15-16,19-20,22-25,41-45,49-58,60-65,74,92-97,99-100H,8-12,14,17-18,21,26-40,77-78H2,1-7H3,(H,79,101)(H,80,102)(H,81,91)(H,82,98)(H,83,103)(H,84,104)(H,85,105)(H,86,107)(H,87,106)(H,88,108). The molecule has 0 aromatic heterocycles. The molecule has 3 aliphatic heterocycles. The van der Waals surface area contributed by atoms with Crippen molar-refractivity contribution in [2.75, 3.05) is 51.3 Å². The van der Waals surface area contributed by atoms with Crippen LogP contribution in [0.3, 0.4) is 0 Å². The summed E-state index contributed by atoms with van der Waals surface area (Å²) < 4.78 is 6.05. The van der Waals surface area contributed by atoms with Crippen LogP contribution in [0, 0.1) is 17.8 Å². The number of aliphatic hydroxyl groups excluding tert-OH is 7. The lowest BCUT2D eigenvalue weighted by Crippen LogP contribution is -2.64. The van der Waals surface area contributed by atoms with Gasteiger partial charge in [0.25, 0.3) is 0 Å². The fourth-order valence-corrected chi connectivity index (χ4v) is 14.3. The summed E-state index contributed by atoms with van der Waals surface area (Å²) in [5, 5.41) is 117. The second-order valence-corrected chi connectivity index (χ2v) is 31.0. The van der Waals surface area contributed by atoms with Crippen LogP contribution < -0.4 is 64.6 Å². The maximum atomic E-state index is 15.0. The van der Waals surface area contributed by atoms with Crippen molar-refractivity contribution in [3.05, 3.63) is 65.7 Å². The molecule has 36 heteroatoms. The van der Waals surface area contributed by atoms with E-state index in [0.717, 1.165) is 73.8 Å². The number of carbonyl (C=O) groups excluding carboxylic acids is 12. The number of phenols is 1. The lowest BCUT2D eigenvalue weighted by Gasteiger charge is -2.35. The number of nitrogens with zero attached hydrogens (tertiary/aromatic N) is 2. The highest BCUT2D eigenvalue weighted by Crippen LogP contribution is 2.28. The van der Waals surface area contributed by atoms with E-state index in [9.17, 15) is 93.6 Å². The van der Waals surface area contributed by atoms with Crippen LogP contribution in [0.1, 0.15) is 162 Å². The van der Waals surface area contributed by atoms with Gasteiger partial charge in [-0.05, 0) is 105 Å². The first kappa shape index (κ1) is 94.4. The van der Waals surface area contributed by atoms with Gasteiger partial charge in [0.2, 0.25) is 71.4 Å². The smallest absolute Gasteiger partial charge is 0.248 e. The molecule has 3 saturated heterocycles. The highest BCUT2D eigenvalue weighted by Gasteiger charge is 2.49. The Labute approximate surface area is 658 Å². The molecule has 0 spiro atoms. The van der Waals surface area contributed by atoms with Gasteiger partial charge in [-0.25, -0.2) is 0 Å². The number of ether oxygens (including phenoxy) is 1. The van der Waals surface area contributed by atoms with Crippen molar-refractivity contribution in [1.29, 1.82) is 0 Å². The van der Waals surface area contributed by atoms with E-state index in [1.165, 1.54) is 23.9 Å². The minimum absolute atomic E-state index is 0.0511. The predicted molar refractivity (Wildman–Crippen MR) is 413 cm³/mol. The first-order chi connectivity index (χ1) is 53.2. The van der Waals surface area contributed by atoms with Crippen LogP contribution in [0.15, 0.2) is 54.6 Å². The maximum Gasteiger partial charge on any atom is 0.248 e. The van der Waals surface area contributed by atoms with Crippen LogP contribution in [0.2, 0.25) is 0 Å². The molecule has 3 aliphatic rings. The zero-order valence-corrected chi connectivity index (χ0v) is 66.0. The van der Waals surface area contributed by atoms with Gasteiger partial charge < -0.3 is 120 Å². The summed E-state index contributed by atoms with van der Waals surface area (Å²) in [5.41, 5.74) is 12.7. The molecule has 12 amide bonds. The number of amides is 12. The lowest BCUT2D eigenvalue weighted by molar-refractivity contribution is -0.150. The number of nitrogens with two attached hydrogens (primary N) is 2. The molecule has 22 N–H and O–H groups in total. The summed E-state index contributed by atoms with van der Waals surface area (Å²) in [5.74, 6) is -10.0. The van der Waals surface area contributed by atoms with E-state index in [1.807, 2.05) is 20.1 Å². The van der Waals surface area contributed by atoms with E-state index in [4.69, 9.17) is 16.2 Å².